The lowest BCUT2D eigenvalue weighted by molar-refractivity contribution is 0.0671. The Balaban J connectivity index is 1.32. The first kappa shape index (κ1) is 20.4. The van der Waals surface area contributed by atoms with E-state index in [4.69, 9.17) is 14.6 Å². The predicted octanol–water partition coefficient (Wildman–Crippen LogP) is 6.53. The van der Waals surface area contributed by atoms with Crippen molar-refractivity contribution in [2.45, 2.75) is 58.3 Å². The van der Waals surface area contributed by atoms with E-state index < -0.39 is 0 Å². The van der Waals surface area contributed by atoms with Gasteiger partial charge in [0.15, 0.2) is 0 Å². The van der Waals surface area contributed by atoms with Crippen molar-refractivity contribution in [3.05, 3.63) is 58.7 Å². The van der Waals surface area contributed by atoms with Gasteiger partial charge in [-0.1, -0.05) is 30.3 Å². The van der Waals surface area contributed by atoms with Crippen molar-refractivity contribution in [2.24, 2.45) is 5.92 Å². The molecule has 1 saturated carbocycles. The van der Waals surface area contributed by atoms with Gasteiger partial charge in [-0.15, -0.1) is 0 Å². The minimum absolute atomic E-state index is 0.144. The van der Waals surface area contributed by atoms with Crippen molar-refractivity contribution < 1.29 is 9.47 Å². The molecule has 1 fully saturated rings. The Morgan fingerprint density at radius 3 is 2.59 bits per heavy atom. The largest absolute Gasteiger partial charge is 0.490 e. The molecule has 5 heteroatoms. The molecule has 0 unspecified atom stereocenters. The Morgan fingerprint density at radius 1 is 1.10 bits per heavy atom. The number of nitrogens with zero attached hydrogens (tertiary/aromatic N) is 2. The van der Waals surface area contributed by atoms with Gasteiger partial charge in [0.05, 0.1) is 28.7 Å². The fraction of sp³-hybridized carbons (Fsp3) is 0.458. The molecule has 1 aliphatic rings. The van der Waals surface area contributed by atoms with E-state index in [-0.39, 0.29) is 6.10 Å². The second-order valence-electron chi connectivity index (χ2n) is 8.29. The summed E-state index contributed by atoms with van der Waals surface area (Å²) in [4.78, 5) is 0. The molecule has 0 spiro atoms. The molecule has 4 nitrogen and oxygen atoms in total. The van der Waals surface area contributed by atoms with E-state index in [2.05, 4.69) is 57.1 Å². The SMILES string of the molecule is CC(C)Oc1cc2nn(C3CCC(COCc4ccccc4)CC3)cc2cc1Br. The number of hydrogen-bond donors (Lipinski definition) is 0. The maximum absolute atomic E-state index is 5.96. The Hall–Kier alpha value is -1.85. The lowest BCUT2D eigenvalue weighted by Crippen LogP contribution is -2.21. The van der Waals surface area contributed by atoms with Crippen LogP contribution in [0.4, 0.5) is 0 Å². The van der Waals surface area contributed by atoms with Gasteiger partial charge in [0.1, 0.15) is 5.75 Å². The minimum Gasteiger partial charge on any atom is -0.490 e. The van der Waals surface area contributed by atoms with Crippen molar-refractivity contribution in [1.29, 1.82) is 0 Å². The lowest BCUT2D eigenvalue weighted by atomic mass is 9.86. The summed E-state index contributed by atoms with van der Waals surface area (Å²) in [6.45, 7) is 5.64. The molecule has 0 radical (unpaired) electrons. The first-order valence-electron chi connectivity index (χ1n) is 10.5. The van der Waals surface area contributed by atoms with E-state index in [0.717, 1.165) is 40.6 Å². The number of aromatic nitrogens is 2. The summed E-state index contributed by atoms with van der Waals surface area (Å²) < 4.78 is 15.0. The van der Waals surface area contributed by atoms with Crippen LogP contribution in [0.1, 0.15) is 51.1 Å². The van der Waals surface area contributed by atoms with Crippen LogP contribution >= 0.6 is 15.9 Å². The highest BCUT2D eigenvalue weighted by Crippen LogP contribution is 2.35. The van der Waals surface area contributed by atoms with Crippen molar-refractivity contribution in [3.8, 4) is 5.75 Å². The van der Waals surface area contributed by atoms with Crippen LogP contribution in [0.2, 0.25) is 0 Å². The van der Waals surface area contributed by atoms with Gasteiger partial charge in [-0.3, -0.25) is 4.68 Å². The van der Waals surface area contributed by atoms with Crippen LogP contribution in [0.15, 0.2) is 53.1 Å². The molecule has 0 aliphatic heterocycles. The molecule has 29 heavy (non-hydrogen) atoms. The van der Waals surface area contributed by atoms with Gasteiger partial charge in [0.25, 0.3) is 0 Å². The number of benzene rings is 2. The number of ether oxygens (including phenoxy) is 2. The molecular formula is C24H29BrN2O2. The quantitative estimate of drug-likeness (QED) is 0.405. The molecule has 1 aromatic heterocycles. The first-order chi connectivity index (χ1) is 14.1. The average Bonchev–Trinajstić information content (AvgIpc) is 3.12. The van der Waals surface area contributed by atoms with Gasteiger partial charge in [-0.25, -0.2) is 0 Å². The molecular weight excluding hydrogens is 428 g/mol. The summed E-state index contributed by atoms with van der Waals surface area (Å²) in [5.41, 5.74) is 2.24. The number of halogens is 1. The average molecular weight is 457 g/mol. The Bertz CT molecular complexity index is 931. The van der Waals surface area contributed by atoms with Gasteiger partial charge < -0.3 is 9.47 Å². The van der Waals surface area contributed by atoms with Crippen LogP contribution in [0.25, 0.3) is 10.9 Å². The van der Waals surface area contributed by atoms with Crippen molar-refractivity contribution in [2.75, 3.05) is 6.61 Å². The maximum Gasteiger partial charge on any atom is 0.136 e. The van der Waals surface area contributed by atoms with Crippen LogP contribution in [-0.4, -0.2) is 22.5 Å². The third kappa shape index (κ3) is 5.20. The monoisotopic (exact) mass is 456 g/mol. The maximum atomic E-state index is 5.96. The Kier molecular flexibility index (Phi) is 6.56. The van der Waals surface area contributed by atoms with E-state index in [1.165, 1.54) is 18.4 Å². The standard InChI is InChI=1S/C24H29BrN2O2/c1-17(2)29-24-13-23-20(12-22(24)25)14-27(26-23)21-10-8-19(9-11-21)16-28-15-18-6-4-3-5-7-18/h3-7,12-14,17,19,21H,8-11,15-16H2,1-2H3. The highest BCUT2D eigenvalue weighted by Gasteiger charge is 2.23. The fourth-order valence-corrected chi connectivity index (χ4v) is 4.52. The molecule has 0 amide bonds. The van der Waals surface area contributed by atoms with Crippen LogP contribution in [0.5, 0.6) is 5.75 Å². The molecule has 154 valence electrons. The second-order valence-corrected chi connectivity index (χ2v) is 9.15. The van der Waals surface area contributed by atoms with E-state index in [1.54, 1.807) is 0 Å². The van der Waals surface area contributed by atoms with Gasteiger partial charge in [-0.05, 0) is 73.0 Å². The molecule has 1 heterocycles. The second kappa shape index (κ2) is 9.31. The molecule has 4 rings (SSSR count). The molecule has 2 aromatic carbocycles. The molecule has 3 aromatic rings. The highest BCUT2D eigenvalue weighted by molar-refractivity contribution is 9.10. The molecule has 0 saturated heterocycles. The third-order valence-corrected chi connectivity index (χ3v) is 6.21. The third-order valence-electron chi connectivity index (χ3n) is 5.59. The Morgan fingerprint density at radius 2 is 1.86 bits per heavy atom. The molecule has 0 bridgehead atoms. The van der Waals surface area contributed by atoms with Gasteiger partial charge >= 0.3 is 0 Å². The highest BCUT2D eigenvalue weighted by atomic mass is 79.9. The molecule has 0 N–H and O–H groups in total. The minimum atomic E-state index is 0.144. The van der Waals surface area contributed by atoms with Gasteiger partial charge in [0.2, 0.25) is 0 Å². The smallest absolute Gasteiger partial charge is 0.136 e. The predicted molar refractivity (Wildman–Crippen MR) is 120 cm³/mol. The van der Waals surface area contributed by atoms with Gasteiger partial charge in [0, 0.05) is 24.3 Å². The lowest BCUT2D eigenvalue weighted by Gasteiger charge is -2.28. The van der Waals surface area contributed by atoms with Crippen LogP contribution in [0, 0.1) is 5.92 Å². The summed E-state index contributed by atoms with van der Waals surface area (Å²) in [5, 5.41) is 6.01. The van der Waals surface area contributed by atoms with Gasteiger partial charge in [-0.2, -0.15) is 5.10 Å². The zero-order chi connectivity index (χ0) is 20.2. The summed E-state index contributed by atoms with van der Waals surface area (Å²) in [5.74, 6) is 1.51. The summed E-state index contributed by atoms with van der Waals surface area (Å²) in [6, 6.07) is 15.0. The summed E-state index contributed by atoms with van der Waals surface area (Å²) in [7, 11) is 0. The number of hydrogen-bond acceptors (Lipinski definition) is 3. The molecule has 1 aliphatic carbocycles. The topological polar surface area (TPSA) is 36.3 Å². The Labute approximate surface area is 181 Å². The zero-order valence-electron chi connectivity index (χ0n) is 17.2. The van der Waals surface area contributed by atoms with Crippen LogP contribution in [0.3, 0.4) is 0 Å². The summed E-state index contributed by atoms with van der Waals surface area (Å²) in [6.07, 6.45) is 7.02. The zero-order valence-corrected chi connectivity index (χ0v) is 18.8. The molecule has 0 atom stereocenters. The van der Waals surface area contributed by atoms with Crippen molar-refractivity contribution >= 4 is 26.8 Å². The van der Waals surface area contributed by atoms with Crippen molar-refractivity contribution in [1.82, 2.24) is 9.78 Å². The van der Waals surface area contributed by atoms with E-state index in [1.807, 2.05) is 26.0 Å². The van der Waals surface area contributed by atoms with Crippen molar-refractivity contribution in [3.63, 3.8) is 0 Å². The van der Waals surface area contributed by atoms with E-state index in [9.17, 15) is 0 Å². The van der Waals surface area contributed by atoms with E-state index >= 15 is 0 Å². The normalized spacial score (nSPS) is 19.7. The number of rotatable bonds is 7. The van der Waals surface area contributed by atoms with Crippen LogP contribution in [-0.2, 0) is 11.3 Å². The van der Waals surface area contributed by atoms with Crippen LogP contribution < -0.4 is 4.74 Å². The first-order valence-corrected chi connectivity index (χ1v) is 11.3. The summed E-state index contributed by atoms with van der Waals surface area (Å²) >= 11 is 3.62. The fourth-order valence-electron chi connectivity index (χ4n) is 4.07. The number of fused-ring (bicyclic) bond motifs is 1. The van der Waals surface area contributed by atoms with E-state index in [0.29, 0.717) is 18.6 Å².